The fraction of sp³-hybridized carbons (Fsp3) is 0.188. The van der Waals surface area contributed by atoms with Gasteiger partial charge in [0, 0.05) is 11.3 Å². The lowest BCUT2D eigenvalue weighted by molar-refractivity contribution is 0.410. The maximum atomic E-state index is 9.71. The van der Waals surface area contributed by atoms with E-state index in [1.807, 2.05) is 30.3 Å². The average Bonchev–Trinajstić information content (AvgIpc) is 2.45. The monoisotopic (exact) mass is 255 g/mol. The number of rotatable bonds is 5. The molecule has 0 saturated heterocycles. The van der Waals surface area contributed by atoms with Crippen molar-refractivity contribution in [2.75, 3.05) is 7.11 Å². The first-order valence-corrected chi connectivity index (χ1v) is 6.20. The van der Waals surface area contributed by atoms with Gasteiger partial charge in [-0.25, -0.2) is 0 Å². The summed E-state index contributed by atoms with van der Waals surface area (Å²) in [6.07, 6.45) is 1.29. The Morgan fingerprint density at radius 1 is 1.11 bits per heavy atom. The zero-order chi connectivity index (χ0) is 13.7. The number of aromatic hydroxyl groups is 1. The van der Waals surface area contributed by atoms with Crippen LogP contribution in [0.4, 0.5) is 0 Å². The summed E-state index contributed by atoms with van der Waals surface area (Å²) in [6.45, 7) is 0. The van der Waals surface area contributed by atoms with Crippen molar-refractivity contribution < 1.29 is 9.84 Å². The van der Waals surface area contributed by atoms with E-state index < -0.39 is 0 Å². The third-order valence-electron chi connectivity index (χ3n) is 3.07. The van der Waals surface area contributed by atoms with Crippen molar-refractivity contribution >= 4 is 5.71 Å². The molecular formula is C16H17NO2. The van der Waals surface area contributed by atoms with Crippen molar-refractivity contribution in [3.8, 4) is 11.5 Å². The van der Waals surface area contributed by atoms with Gasteiger partial charge in [0.25, 0.3) is 0 Å². The fourth-order valence-electron chi connectivity index (χ4n) is 2.03. The molecule has 0 amide bonds. The number of hydrogen-bond donors (Lipinski definition) is 2. The molecule has 2 aromatic carbocycles. The molecule has 3 heteroatoms. The molecule has 0 unspecified atom stereocenters. The van der Waals surface area contributed by atoms with Crippen molar-refractivity contribution in [1.82, 2.24) is 0 Å². The van der Waals surface area contributed by atoms with E-state index in [9.17, 15) is 5.11 Å². The predicted molar refractivity (Wildman–Crippen MR) is 76.3 cm³/mol. The topological polar surface area (TPSA) is 53.3 Å². The lowest BCUT2D eigenvalue weighted by Crippen LogP contribution is -2.02. The second-order valence-electron chi connectivity index (χ2n) is 4.31. The predicted octanol–water partition coefficient (Wildman–Crippen LogP) is 3.40. The van der Waals surface area contributed by atoms with Crippen LogP contribution in [0, 0.1) is 5.41 Å². The number of phenols is 1. The van der Waals surface area contributed by atoms with E-state index in [4.69, 9.17) is 10.1 Å². The first-order chi connectivity index (χ1) is 9.22. The number of benzene rings is 2. The molecule has 0 bridgehead atoms. The molecule has 0 fully saturated rings. The second kappa shape index (κ2) is 6.05. The summed E-state index contributed by atoms with van der Waals surface area (Å²) < 4.78 is 5.29. The first kappa shape index (κ1) is 13.1. The molecule has 0 aromatic heterocycles. The maximum Gasteiger partial charge on any atom is 0.124 e. The number of ether oxygens (including phenoxy) is 1. The summed E-state index contributed by atoms with van der Waals surface area (Å²) in [5, 5.41) is 17.8. The molecule has 2 N–H and O–H groups in total. The van der Waals surface area contributed by atoms with Crippen LogP contribution in [-0.2, 0) is 6.42 Å². The van der Waals surface area contributed by atoms with Crippen LogP contribution in [0.3, 0.4) is 0 Å². The lowest BCUT2D eigenvalue weighted by atomic mass is 10.0. The Labute approximate surface area is 113 Å². The van der Waals surface area contributed by atoms with Gasteiger partial charge in [0.15, 0.2) is 0 Å². The van der Waals surface area contributed by atoms with Gasteiger partial charge >= 0.3 is 0 Å². The lowest BCUT2D eigenvalue weighted by Gasteiger charge is -2.09. The third kappa shape index (κ3) is 3.13. The van der Waals surface area contributed by atoms with Crippen LogP contribution in [-0.4, -0.2) is 17.9 Å². The van der Waals surface area contributed by atoms with Gasteiger partial charge in [-0.15, -0.1) is 0 Å². The van der Waals surface area contributed by atoms with Gasteiger partial charge < -0.3 is 15.3 Å². The summed E-state index contributed by atoms with van der Waals surface area (Å²) in [4.78, 5) is 0. The molecule has 0 radical (unpaired) electrons. The van der Waals surface area contributed by atoms with E-state index >= 15 is 0 Å². The minimum atomic E-state index is 0.160. The molecule has 2 rings (SSSR count). The number of hydrogen-bond acceptors (Lipinski definition) is 3. The van der Waals surface area contributed by atoms with E-state index in [1.54, 1.807) is 25.3 Å². The van der Waals surface area contributed by atoms with Crippen molar-refractivity contribution in [2.24, 2.45) is 0 Å². The molecule has 0 saturated carbocycles. The Morgan fingerprint density at radius 2 is 1.79 bits per heavy atom. The van der Waals surface area contributed by atoms with Gasteiger partial charge in [0.2, 0.25) is 0 Å². The van der Waals surface area contributed by atoms with Gasteiger partial charge in [-0.3, -0.25) is 0 Å². The molecular weight excluding hydrogens is 238 g/mol. The highest BCUT2D eigenvalue weighted by atomic mass is 16.5. The molecule has 0 aliphatic rings. The number of nitrogens with one attached hydrogen (secondary N) is 1. The quantitative estimate of drug-likeness (QED) is 0.804. The summed E-state index contributed by atoms with van der Waals surface area (Å²) in [6, 6.07) is 14.7. The minimum Gasteiger partial charge on any atom is -0.507 e. The Morgan fingerprint density at radius 3 is 2.53 bits per heavy atom. The second-order valence-corrected chi connectivity index (χ2v) is 4.31. The molecule has 19 heavy (non-hydrogen) atoms. The standard InChI is InChI=1S/C16H17NO2/c1-19-16-9-5-2-6-12(16)10-11-14(17)13-7-3-4-8-15(13)18/h2-9,17-18H,10-11H2,1H3. The van der Waals surface area contributed by atoms with Crippen molar-refractivity contribution in [1.29, 1.82) is 5.41 Å². The van der Waals surface area contributed by atoms with Crippen LogP contribution in [0.2, 0.25) is 0 Å². The van der Waals surface area contributed by atoms with Crippen molar-refractivity contribution in [3.05, 3.63) is 59.7 Å². The Bertz CT molecular complexity index is 578. The highest BCUT2D eigenvalue weighted by Crippen LogP contribution is 2.22. The highest BCUT2D eigenvalue weighted by Gasteiger charge is 2.08. The Hall–Kier alpha value is -2.29. The van der Waals surface area contributed by atoms with Crippen molar-refractivity contribution in [3.63, 3.8) is 0 Å². The first-order valence-electron chi connectivity index (χ1n) is 6.20. The van der Waals surface area contributed by atoms with Gasteiger partial charge in [-0.1, -0.05) is 30.3 Å². The molecule has 0 aliphatic carbocycles. The summed E-state index contributed by atoms with van der Waals surface area (Å²) in [5.74, 6) is 1.00. The van der Waals surface area contributed by atoms with E-state index in [1.165, 1.54) is 0 Å². The van der Waals surface area contributed by atoms with Crippen molar-refractivity contribution in [2.45, 2.75) is 12.8 Å². The summed E-state index contributed by atoms with van der Waals surface area (Å²) >= 11 is 0. The van der Waals surface area contributed by atoms with Gasteiger partial charge in [-0.05, 0) is 36.6 Å². The molecule has 0 aliphatic heterocycles. The van der Waals surface area contributed by atoms with Gasteiger partial charge in [0.1, 0.15) is 11.5 Å². The van der Waals surface area contributed by atoms with Crippen LogP contribution >= 0.6 is 0 Å². The van der Waals surface area contributed by atoms with E-state index in [0.29, 0.717) is 17.7 Å². The largest absolute Gasteiger partial charge is 0.507 e. The summed E-state index contributed by atoms with van der Waals surface area (Å²) in [7, 11) is 1.65. The van der Waals surface area contributed by atoms with E-state index in [-0.39, 0.29) is 5.75 Å². The van der Waals surface area contributed by atoms with Crippen LogP contribution in [0.25, 0.3) is 0 Å². The zero-order valence-corrected chi connectivity index (χ0v) is 10.9. The SMILES string of the molecule is COc1ccccc1CCC(=N)c1ccccc1O. The third-order valence-corrected chi connectivity index (χ3v) is 3.07. The van der Waals surface area contributed by atoms with Crippen LogP contribution in [0.15, 0.2) is 48.5 Å². The van der Waals surface area contributed by atoms with E-state index in [0.717, 1.165) is 17.7 Å². The number of para-hydroxylation sites is 2. The molecule has 3 nitrogen and oxygen atoms in total. The minimum absolute atomic E-state index is 0.160. The molecule has 98 valence electrons. The van der Waals surface area contributed by atoms with Crippen LogP contribution < -0.4 is 4.74 Å². The smallest absolute Gasteiger partial charge is 0.124 e. The molecule has 0 heterocycles. The number of phenolic OH excluding ortho intramolecular Hbond substituents is 1. The Balaban J connectivity index is 2.07. The number of aryl methyl sites for hydroxylation is 1. The molecule has 0 atom stereocenters. The molecule has 2 aromatic rings. The van der Waals surface area contributed by atoms with Gasteiger partial charge in [0.05, 0.1) is 7.11 Å². The zero-order valence-electron chi connectivity index (χ0n) is 10.9. The number of methoxy groups -OCH3 is 1. The highest BCUT2D eigenvalue weighted by molar-refractivity contribution is 6.00. The average molecular weight is 255 g/mol. The van der Waals surface area contributed by atoms with Crippen LogP contribution in [0.1, 0.15) is 17.5 Å². The maximum absolute atomic E-state index is 9.71. The van der Waals surface area contributed by atoms with Crippen LogP contribution in [0.5, 0.6) is 11.5 Å². The summed E-state index contributed by atoms with van der Waals surface area (Å²) in [5.41, 5.74) is 2.10. The normalized spacial score (nSPS) is 10.2. The van der Waals surface area contributed by atoms with Gasteiger partial charge in [-0.2, -0.15) is 0 Å². The van der Waals surface area contributed by atoms with E-state index in [2.05, 4.69) is 0 Å². The Kier molecular flexibility index (Phi) is 4.18. The fourth-order valence-corrected chi connectivity index (χ4v) is 2.03. The molecule has 0 spiro atoms.